The van der Waals surface area contributed by atoms with Crippen LogP contribution in [-0.2, 0) is 33.1 Å². The SMILES string of the molecule is CC(C)C[C@H](NC(=O)[C@H](COP(=O)(O)O)NC(=O)[C@@H]1CCCN1)C(=O)N1CCC[C@H]1C(=O)N[C@@H](C(N)=O)C(C)C. The maximum absolute atomic E-state index is 13.6. The van der Waals surface area contributed by atoms with Crippen LogP contribution >= 0.6 is 7.82 Å². The largest absolute Gasteiger partial charge is 0.469 e. The van der Waals surface area contributed by atoms with Crippen LogP contribution in [0.1, 0.15) is 59.8 Å². The molecule has 0 unspecified atom stereocenters. The first-order valence-corrected chi connectivity index (χ1v) is 15.1. The average Bonchev–Trinajstić information content (AvgIpc) is 3.55. The molecule has 0 bridgehead atoms. The number of nitrogens with zero attached hydrogens (tertiary/aromatic N) is 1. The molecule has 5 amide bonds. The van der Waals surface area contributed by atoms with Gasteiger partial charge >= 0.3 is 7.82 Å². The van der Waals surface area contributed by atoms with Crippen molar-refractivity contribution < 1.29 is 42.8 Å². The minimum Gasteiger partial charge on any atom is -0.368 e. The molecule has 0 radical (unpaired) electrons. The molecule has 8 N–H and O–H groups in total. The molecule has 2 aliphatic rings. The second-order valence-corrected chi connectivity index (χ2v) is 12.2. The van der Waals surface area contributed by atoms with Gasteiger partial charge in [-0.2, -0.15) is 0 Å². The number of likely N-dealkylation sites (tertiary alicyclic amines) is 1. The van der Waals surface area contributed by atoms with Crippen molar-refractivity contribution in [1.82, 2.24) is 26.2 Å². The van der Waals surface area contributed by atoms with Crippen LogP contribution in [-0.4, -0.2) is 94.1 Å². The fourth-order valence-corrected chi connectivity index (χ4v) is 5.16. The smallest absolute Gasteiger partial charge is 0.368 e. The van der Waals surface area contributed by atoms with Crippen molar-refractivity contribution in [2.45, 2.75) is 90.0 Å². The van der Waals surface area contributed by atoms with Crippen molar-refractivity contribution >= 4 is 37.4 Å². The predicted molar refractivity (Wildman–Crippen MR) is 143 cm³/mol. The lowest BCUT2D eigenvalue weighted by Gasteiger charge is -2.31. The van der Waals surface area contributed by atoms with Gasteiger partial charge in [0, 0.05) is 6.54 Å². The molecule has 0 aromatic rings. The Kier molecular flexibility index (Phi) is 12.5. The molecule has 2 heterocycles. The topological polar surface area (TPSA) is 229 Å². The zero-order valence-corrected chi connectivity index (χ0v) is 24.3. The molecule has 5 atom stereocenters. The number of carbonyl (C=O) groups is 5. The lowest BCUT2D eigenvalue weighted by atomic mass is 10.0. The summed E-state index contributed by atoms with van der Waals surface area (Å²) in [6, 6.07) is -4.95. The third kappa shape index (κ3) is 10.1. The summed E-state index contributed by atoms with van der Waals surface area (Å²) < 4.78 is 15.8. The van der Waals surface area contributed by atoms with E-state index in [1.165, 1.54) is 4.90 Å². The van der Waals surface area contributed by atoms with Gasteiger partial charge in [0.05, 0.1) is 12.6 Å². The molecule has 0 aromatic carbocycles. The Bertz CT molecular complexity index is 982. The molecule has 2 fully saturated rings. The Balaban J connectivity index is 2.20. The van der Waals surface area contributed by atoms with E-state index in [-0.39, 0.29) is 24.8 Å². The Morgan fingerprint density at radius 3 is 2.20 bits per heavy atom. The Morgan fingerprint density at radius 2 is 1.68 bits per heavy atom. The Labute approximate surface area is 233 Å². The van der Waals surface area contributed by atoms with Crippen molar-refractivity contribution in [2.75, 3.05) is 19.7 Å². The molecule has 2 saturated heterocycles. The normalized spacial score (nSPS) is 21.6. The van der Waals surface area contributed by atoms with E-state index in [1.54, 1.807) is 13.8 Å². The number of phosphoric acid groups is 1. The summed E-state index contributed by atoms with van der Waals surface area (Å²) in [5.41, 5.74) is 5.42. The van der Waals surface area contributed by atoms with E-state index in [4.69, 9.17) is 15.5 Å². The number of amides is 5. The highest BCUT2D eigenvalue weighted by molar-refractivity contribution is 7.46. The number of hydrogen-bond donors (Lipinski definition) is 7. The summed E-state index contributed by atoms with van der Waals surface area (Å²) in [6.07, 6.45) is 2.35. The van der Waals surface area contributed by atoms with E-state index < -0.39 is 74.2 Å². The Morgan fingerprint density at radius 1 is 1.00 bits per heavy atom. The van der Waals surface area contributed by atoms with Crippen LogP contribution in [0.15, 0.2) is 0 Å². The summed E-state index contributed by atoms with van der Waals surface area (Å²) in [7, 11) is -4.97. The van der Waals surface area contributed by atoms with E-state index in [0.29, 0.717) is 25.8 Å². The van der Waals surface area contributed by atoms with Gasteiger partial charge in [0.15, 0.2) is 0 Å². The second-order valence-electron chi connectivity index (χ2n) is 11.0. The van der Waals surface area contributed by atoms with Gasteiger partial charge in [-0.25, -0.2) is 4.57 Å². The molecule has 2 aliphatic heterocycles. The first kappa shape index (κ1) is 33.6. The molecule has 16 heteroatoms. The van der Waals surface area contributed by atoms with Crippen LogP contribution in [0.5, 0.6) is 0 Å². The molecule has 0 aromatic heterocycles. The molecule has 0 spiro atoms. The van der Waals surface area contributed by atoms with Crippen molar-refractivity contribution in [2.24, 2.45) is 17.6 Å². The number of hydrogen-bond acceptors (Lipinski definition) is 8. The fourth-order valence-electron chi connectivity index (χ4n) is 4.82. The van der Waals surface area contributed by atoms with E-state index in [2.05, 4.69) is 25.8 Å². The molecule has 40 heavy (non-hydrogen) atoms. The first-order chi connectivity index (χ1) is 18.6. The highest BCUT2D eigenvalue weighted by Crippen LogP contribution is 2.35. The minimum atomic E-state index is -4.97. The molecular weight excluding hydrogens is 547 g/mol. The van der Waals surface area contributed by atoms with Gasteiger partial charge in [0.25, 0.3) is 0 Å². The first-order valence-electron chi connectivity index (χ1n) is 13.5. The molecule has 228 valence electrons. The minimum absolute atomic E-state index is 0.0635. The van der Waals surface area contributed by atoms with Gasteiger partial charge in [-0.1, -0.05) is 27.7 Å². The summed E-state index contributed by atoms with van der Waals surface area (Å²) in [4.78, 5) is 84.0. The van der Waals surface area contributed by atoms with Crippen molar-refractivity contribution in [3.8, 4) is 0 Å². The van der Waals surface area contributed by atoms with E-state index in [1.807, 2.05) is 13.8 Å². The maximum atomic E-state index is 13.6. The number of nitrogens with two attached hydrogens (primary N) is 1. The fraction of sp³-hybridized carbons (Fsp3) is 0.792. The zero-order valence-electron chi connectivity index (χ0n) is 23.4. The molecule has 15 nitrogen and oxygen atoms in total. The number of phosphoric ester groups is 1. The summed E-state index contributed by atoms with van der Waals surface area (Å²) in [5.74, 6) is -3.48. The summed E-state index contributed by atoms with van der Waals surface area (Å²) >= 11 is 0. The lowest BCUT2D eigenvalue weighted by Crippen LogP contribution is -2.59. The Hall–Kier alpha value is -2.58. The number of primary amides is 1. The maximum Gasteiger partial charge on any atom is 0.469 e. The average molecular weight is 591 g/mol. The number of carbonyl (C=O) groups excluding carboxylic acids is 5. The van der Waals surface area contributed by atoms with Crippen LogP contribution in [0.3, 0.4) is 0 Å². The van der Waals surface area contributed by atoms with Gasteiger partial charge in [-0.15, -0.1) is 0 Å². The molecular formula is C24H43N6O9P. The lowest BCUT2D eigenvalue weighted by molar-refractivity contribution is -0.143. The van der Waals surface area contributed by atoms with Gasteiger partial charge in [0.1, 0.15) is 24.2 Å². The van der Waals surface area contributed by atoms with E-state index >= 15 is 0 Å². The number of nitrogens with one attached hydrogen (secondary N) is 4. The van der Waals surface area contributed by atoms with Crippen molar-refractivity contribution in [1.29, 1.82) is 0 Å². The highest BCUT2D eigenvalue weighted by Gasteiger charge is 2.40. The van der Waals surface area contributed by atoms with Gasteiger partial charge in [-0.3, -0.25) is 28.5 Å². The van der Waals surface area contributed by atoms with Gasteiger partial charge < -0.3 is 41.7 Å². The summed E-state index contributed by atoms with van der Waals surface area (Å²) in [5, 5.41) is 10.6. The second kappa shape index (κ2) is 14.9. The standard InChI is InChI=1S/C24H43N6O9P/c1-13(2)11-16(24(35)30-10-6-8-18(30)23(34)29-19(14(3)4)20(25)31)27-22(33)17(12-39-40(36,37)38)28-21(32)15-7-5-9-26-15/h13-19,26H,5-12H2,1-4H3,(H2,25,31)(H,27,33)(H,28,32)(H,29,34)(H2,36,37,38)/t15-,16-,17-,18-,19+/m0/s1. The van der Waals surface area contributed by atoms with Gasteiger partial charge in [-0.05, 0) is 50.5 Å². The predicted octanol–water partition coefficient (Wildman–Crippen LogP) is -1.52. The monoisotopic (exact) mass is 590 g/mol. The molecule has 2 rings (SSSR count). The van der Waals surface area contributed by atoms with Crippen LogP contribution in [0.25, 0.3) is 0 Å². The third-order valence-corrected chi connectivity index (χ3v) is 7.34. The van der Waals surface area contributed by atoms with Crippen LogP contribution in [0, 0.1) is 11.8 Å². The van der Waals surface area contributed by atoms with Crippen molar-refractivity contribution in [3.63, 3.8) is 0 Å². The summed E-state index contributed by atoms with van der Waals surface area (Å²) in [6.45, 7) is 7.17. The molecule has 0 aliphatic carbocycles. The van der Waals surface area contributed by atoms with Crippen molar-refractivity contribution in [3.05, 3.63) is 0 Å². The van der Waals surface area contributed by atoms with Crippen LogP contribution in [0.4, 0.5) is 0 Å². The molecule has 0 saturated carbocycles. The number of rotatable bonds is 14. The highest BCUT2D eigenvalue weighted by atomic mass is 31.2. The quantitative estimate of drug-likeness (QED) is 0.116. The third-order valence-electron chi connectivity index (χ3n) is 6.85. The van der Waals surface area contributed by atoms with E-state index in [9.17, 15) is 28.5 Å². The van der Waals surface area contributed by atoms with Crippen LogP contribution < -0.4 is 27.0 Å². The van der Waals surface area contributed by atoms with Crippen LogP contribution in [0.2, 0.25) is 0 Å². The zero-order chi connectivity index (χ0) is 30.2. The van der Waals surface area contributed by atoms with E-state index in [0.717, 1.165) is 6.42 Å². The van der Waals surface area contributed by atoms with Gasteiger partial charge in [0.2, 0.25) is 29.5 Å².